The maximum absolute atomic E-state index is 11.3. The minimum Gasteiger partial charge on any atom is -0.476 e. The van der Waals surface area contributed by atoms with Gasteiger partial charge >= 0.3 is 0 Å². The molecular formula is C13H20N4O2. The lowest BCUT2D eigenvalue weighted by Crippen LogP contribution is -2.29. The fourth-order valence-electron chi connectivity index (χ4n) is 1.93. The number of pyridine rings is 1. The molecule has 0 bridgehead atoms. The first kappa shape index (κ1) is 13.5. The highest BCUT2D eigenvalue weighted by atomic mass is 16.5. The lowest BCUT2D eigenvalue weighted by atomic mass is 10.3. The molecule has 0 aromatic carbocycles. The number of anilines is 2. The SMILES string of the molecule is CCCOc1nc(N2CCNC(=O)CC2)ccc1N. The van der Waals surface area contributed by atoms with Crippen LogP contribution in [0.15, 0.2) is 12.1 Å². The smallest absolute Gasteiger partial charge is 0.239 e. The van der Waals surface area contributed by atoms with Crippen molar-refractivity contribution in [1.29, 1.82) is 0 Å². The summed E-state index contributed by atoms with van der Waals surface area (Å²) in [4.78, 5) is 17.8. The number of hydrogen-bond acceptors (Lipinski definition) is 5. The molecule has 0 radical (unpaired) electrons. The number of nitrogens with one attached hydrogen (secondary N) is 1. The van der Waals surface area contributed by atoms with Crippen molar-refractivity contribution >= 4 is 17.4 Å². The van der Waals surface area contributed by atoms with E-state index in [-0.39, 0.29) is 5.91 Å². The van der Waals surface area contributed by atoms with E-state index < -0.39 is 0 Å². The van der Waals surface area contributed by atoms with Crippen LogP contribution < -0.4 is 20.7 Å². The molecule has 0 spiro atoms. The van der Waals surface area contributed by atoms with E-state index in [0.29, 0.717) is 37.7 Å². The third-order valence-corrected chi connectivity index (χ3v) is 2.95. The quantitative estimate of drug-likeness (QED) is 0.840. The van der Waals surface area contributed by atoms with Crippen molar-refractivity contribution in [1.82, 2.24) is 10.3 Å². The molecule has 1 saturated heterocycles. The van der Waals surface area contributed by atoms with E-state index in [1.165, 1.54) is 0 Å². The zero-order valence-electron chi connectivity index (χ0n) is 11.2. The van der Waals surface area contributed by atoms with E-state index in [2.05, 4.69) is 15.2 Å². The average Bonchev–Trinajstić information content (AvgIpc) is 2.63. The number of carbonyl (C=O) groups is 1. The van der Waals surface area contributed by atoms with Gasteiger partial charge in [-0.3, -0.25) is 4.79 Å². The molecule has 1 amide bonds. The summed E-state index contributed by atoms with van der Waals surface area (Å²) in [6.07, 6.45) is 1.39. The zero-order valence-corrected chi connectivity index (χ0v) is 11.2. The molecule has 1 aliphatic heterocycles. The molecule has 1 aliphatic rings. The average molecular weight is 264 g/mol. The topological polar surface area (TPSA) is 80.5 Å². The predicted octanol–water partition coefficient (Wildman–Crippen LogP) is 0.779. The number of amides is 1. The molecule has 2 heterocycles. The molecule has 1 aromatic rings. The second-order valence-corrected chi connectivity index (χ2v) is 4.50. The van der Waals surface area contributed by atoms with Gasteiger partial charge in [-0.1, -0.05) is 6.92 Å². The maximum atomic E-state index is 11.3. The van der Waals surface area contributed by atoms with E-state index in [4.69, 9.17) is 10.5 Å². The normalized spacial score (nSPS) is 15.8. The third kappa shape index (κ3) is 3.49. The van der Waals surface area contributed by atoms with Crippen LogP contribution >= 0.6 is 0 Å². The minimum absolute atomic E-state index is 0.0837. The summed E-state index contributed by atoms with van der Waals surface area (Å²) >= 11 is 0. The fourth-order valence-corrected chi connectivity index (χ4v) is 1.93. The summed E-state index contributed by atoms with van der Waals surface area (Å²) in [5.41, 5.74) is 6.38. The third-order valence-electron chi connectivity index (χ3n) is 2.95. The van der Waals surface area contributed by atoms with Crippen molar-refractivity contribution in [2.45, 2.75) is 19.8 Å². The molecule has 0 atom stereocenters. The highest BCUT2D eigenvalue weighted by Crippen LogP contribution is 2.23. The number of nitrogens with zero attached hydrogens (tertiary/aromatic N) is 2. The number of nitrogens with two attached hydrogens (primary N) is 1. The summed E-state index contributed by atoms with van der Waals surface area (Å²) < 4.78 is 5.52. The van der Waals surface area contributed by atoms with Crippen LogP contribution in [0.2, 0.25) is 0 Å². The van der Waals surface area contributed by atoms with Crippen LogP contribution in [0.25, 0.3) is 0 Å². The maximum Gasteiger partial charge on any atom is 0.239 e. The zero-order chi connectivity index (χ0) is 13.7. The van der Waals surface area contributed by atoms with Crippen molar-refractivity contribution < 1.29 is 9.53 Å². The number of nitrogen functional groups attached to an aromatic ring is 1. The Bertz CT molecular complexity index is 450. The fraction of sp³-hybridized carbons (Fsp3) is 0.538. The van der Waals surface area contributed by atoms with E-state index in [1.807, 2.05) is 13.0 Å². The van der Waals surface area contributed by atoms with Gasteiger partial charge in [0.1, 0.15) is 5.82 Å². The molecule has 0 aliphatic carbocycles. The van der Waals surface area contributed by atoms with Crippen LogP contribution in [-0.4, -0.2) is 37.1 Å². The summed E-state index contributed by atoms with van der Waals surface area (Å²) in [6, 6.07) is 3.66. The molecule has 2 rings (SSSR count). The second kappa shape index (κ2) is 6.26. The first-order valence-electron chi connectivity index (χ1n) is 6.61. The van der Waals surface area contributed by atoms with Gasteiger partial charge in [-0.25, -0.2) is 0 Å². The first-order chi connectivity index (χ1) is 9.20. The Balaban J connectivity index is 2.12. The molecule has 1 aromatic heterocycles. The molecule has 0 saturated carbocycles. The van der Waals surface area contributed by atoms with Crippen molar-refractivity contribution in [3.05, 3.63) is 12.1 Å². The molecule has 6 heteroatoms. The van der Waals surface area contributed by atoms with Gasteiger partial charge in [-0.2, -0.15) is 4.98 Å². The van der Waals surface area contributed by atoms with E-state index in [1.54, 1.807) is 6.07 Å². The van der Waals surface area contributed by atoms with Crippen LogP contribution in [0.4, 0.5) is 11.5 Å². The summed E-state index contributed by atoms with van der Waals surface area (Å²) in [5, 5.41) is 2.84. The lowest BCUT2D eigenvalue weighted by molar-refractivity contribution is -0.120. The number of carbonyl (C=O) groups excluding carboxylic acids is 1. The molecule has 0 unspecified atom stereocenters. The highest BCUT2D eigenvalue weighted by Gasteiger charge is 2.16. The van der Waals surface area contributed by atoms with Crippen molar-refractivity contribution in [2.24, 2.45) is 0 Å². The van der Waals surface area contributed by atoms with Crippen LogP contribution in [0, 0.1) is 0 Å². The number of ether oxygens (including phenoxy) is 1. The van der Waals surface area contributed by atoms with Gasteiger partial charge in [-0.05, 0) is 18.6 Å². The molecule has 19 heavy (non-hydrogen) atoms. The summed E-state index contributed by atoms with van der Waals surface area (Å²) in [6.45, 7) is 4.68. The first-order valence-corrected chi connectivity index (χ1v) is 6.61. The van der Waals surface area contributed by atoms with Gasteiger partial charge in [0.05, 0.1) is 12.3 Å². The lowest BCUT2D eigenvalue weighted by Gasteiger charge is -2.21. The Morgan fingerprint density at radius 2 is 2.32 bits per heavy atom. The number of hydrogen-bond donors (Lipinski definition) is 2. The van der Waals surface area contributed by atoms with Gasteiger partial charge < -0.3 is 20.7 Å². The Labute approximate surface area is 112 Å². The highest BCUT2D eigenvalue weighted by molar-refractivity contribution is 5.77. The van der Waals surface area contributed by atoms with Gasteiger partial charge in [-0.15, -0.1) is 0 Å². The Kier molecular flexibility index (Phi) is 4.43. The van der Waals surface area contributed by atoms with E-state index in [9.17, 15) is 4.79 Å². The molecule has 104 valence electrons. The number of aromatic nitrogens is 1. The summed E-state index contributed by atoms with van der Waals surface area (Å²) in [5.74, 6) is 1.36. The minimum atomic E-state index is 0.0837. The standard InChI is InChI=1S/C13H20N4O2/c1-2-9-19-13-10(14)3-4-11(16-13)17-7-5-12(18)15-6-8-17/h3-4H,2,5-9,14H2,1H3,(H,15,18). The Morgan fingerprint density at radius 3 is 3.11 bits per heavy atom. The van der Waals surface area contributed by atoms with Crippen molar-refractivity contribution in [3.63, 3.8) is 0 Å². The Morgan fingerprint density at radius 1 is 1.47 bits per heavy atom. The van der Waals surface area contributed by atoms with Crippen LogP contribution in [0.5, 0.6) is 5.88 Å². The summed E-state index contributed by atoms with van der Waals surface area (Å²) in [7, 11) is 0. The largest absolute Gasteiger partial charge is 0.476 e. The van der Waals surface area contributed by atoms with E-state index >= 15 is 0 Å². The van der Waals surface area contributed by atoms with Gasteiger partial charge in [0.15, 0.2) is 0 Å². The van der Waals surface area contributed by atoms with E-state index in [0.717, 1.165) is 18.8 Å². The monoisotopic (exact) mass is 264 g/mol. The Hall–Kier alpha value is -1.98. The second-order valence-electron chi connectivity index (χ2n) is 4.50. The molecule has 3 N–H and O–H groups in total. The molecule has 1 fully saturated rings. The number of rotatable bonds is 4. The van der Waals surface area contributed by atoms with Gasteiger partial charge in [0.25, 0.3) is 0 Å². The van der Waals surface area contributed by atoms with Gasteiger partial charge in [0.2, 0.25) is 11.8 Å². The van der Waals surface area contributed by atoms with Crippen molar-refractivity contribution in [2.75, 3.05) is 36.9 Å². The van der Waals surface area contributed by atoms with Crippen LogP contribution in [0.1, 0.15) is 19.8 Å². The predicted molar refractivity (Wildman–Crippen MR) is 74.3 cm³/mol. The van der Waals surface area contributed by atoms with Gasteiger partial charge in [0, 0.05) is 26.1 Å². The molecule has 6 nitrogen and oxygen atoms in total. The van der Waals surface area contributed by atoms with Crippen molar-refractivity contribution in [3.8, 4) is 5.88 Å². The molecular weight excluding hydrogens is 244 g/mol. The van der Waals surface area contributed by atoms with Crippen LogP contribution in [-0.2, 0) is 4.79 Å². The van der Waals surface area contributed by atoms with Crippen LogP contribution in [0.3, 0.4) is 0 Å².